The number of rotatable bonds is 8. The average molecular weight is 524 g/mol. The van der Waals surface area contributed by atoms with Gasteiger partial charge in [0.25, 0.3) is 5.56 Å². The van der Waals surface area contributed by atoms with Crippen molar-refractivity contribution in [2.75, 3.05) is 17.7 Å². The molecule has 3 aromatic heterocycles. The van der Waals surface area contributed by atoms with E-state index in [2.05, 4.69) is 10.3 Å². The second kappa shape index (κ2) is 10.7. The number of aryl methyl sites for hydroxylation is 1. The number of aromatic nitrogens is 2. The number of hydrogen-bond donors (Lipinski definition) is 1. The van der Waals surface area contributed by atoms with E-state index in [0.717, 1.165) is 36.1 Å². The number of amides is 1. The van der Waals surface area contributed by atoms with Crippen molar-refractivity contribution in [2.45, 2.75) is 44.3 Å². The molecule has 186 valence electrons. The second-order valence-corrected chi connectivity index (χ2v) is 10.4. The average Bonchev–Trinajstić information content (AvgIpc) is 3.52. The lowest BCUT2D eigenvalue weighted by atomic mass is 9.95. The summed E-state index contributed by atoms with van der Waals surface area (Å²) < 4.78 is 12.2. The first-order valence-electron chi connectivity index (χ1n) is 11.8. The van der Waals surface area contributed by atoms with E-state index in [1.165, 1.54) is 27.7 Å². The van der Waals surface area contributed by atoms with E-state index >= 15 is 0 Å². The standard InChI is InChI=1S/C26H25N3O5S2/c1-2-33-25(32)22-18-10-4-6-12-20(18)36-23(22)28-21(30)15-35-26-27-19-11-5-3-9-17(19)24(31)29(26)14-16-8-7-13-34-16/h3,5,7-9,11,13H,2,4,6,10,12,14-15H2,1H3,(H,28,30). The number of benzene rings is 1. The summed E-state index contributed by atoms with van der Waals surface area (Å²) in [4.78, 5) is 44.7. The fraction of sp³-hybridized carbons (Fsp3) is 0.308. The minimum atomic E-state index is -0.400. The van der Waals surface area contributed by atoms with Gasteiger partial charge in [-0.25, -0.2) is 9.78 Å². The van der Waals surface area contributed by atoms with Gasteiger partial charge in [-0.15, -0.1) is 11.3 Å². The van der Waals surface area contributed by atoms with Crippen molar-refractivity contribution >= 4 is 50.9 Å². The van der Waals surface area contributed by atoms with E-state index < -0.39 is 5.97 Å². The smallest absolute Gasteiger partial charge is 0.341 e. The van der Waals surface area contributed by atoms with Crippen LogP contribution < -0.4 is 10.9 Å². The molecule has 36 heavy (non-hydrogen) atoms. The Balaban J connectivity index is 1.39. The highest BCUT2D eigenvalue weighted by Gasteiger charge is 2.27. The predicted molar refractivity (Wildman–Crippen MR) is 140 cm³/mol. The number of carbonyl (C=O) groups is 2. The minimum absolute atomic E-state index is 0.0216. The maximum absolute atomic E-state index is 13.2. The number of anilines is 1. The normalized spacial score (nSPS) is 12.9. The van der Waals surface area contributed by atoms with Crippen molar-refractivity contribution in [3.8, 4) is 0 Å². The lowest BCUT2D eigenvalue weighted by Gasteiger charge is -2.13. The van der Waals surface area contributed by atoms with Crippen LogP contribution in [0.25, 0.3) is 10.9 Å². The molecule has 0 bridgehead atoms. The maximum Gasteiger partial charge on any atom is 0.341 e. The molecule has 3 heterocycles. The Bertz CT molecular complexity index is 1470. The van der Waals surface area contributed by atoms with Gasteiger partial charge in [-0.05, 0) is 62.4 Å². The topological polar surface area (TPSA) is 103 Å². The Kier molecular flexibility index (Phi) is 7.24. The zero-order valence-electron chi connectivity index (χ0n) is 19.7. The summed E-state index contributed by atoms with van der Waals surface area (Å²) in [6.45, 7) is 2.25. The number of nitrogens with one attached hydrogen (secondary N) is 1. The summed E-state index contributed by atoms with van der Waals surface area (Å²) in [5, 5.41) is 4.37. The monoisotopic (exact) mass is 523 g/mol. The Morgan fingerprint density at radius 3 is 2.83 bits per heavy atom. The SMILES string of the molecule is CCOC(=O)c1c(NC(=O)CSc2nc3ccccc3c(=O)n2Cc2ccco2)sc2c1CCCC2. The Labute approximate surface area is 215 Å². The van der Waals surface area contributed by atoms with Crippen LogP contribution in [0.4, 0.5) is 5.00 Å². The van der Waals surface area contributed by atoms with E-state index in [4.69, 9.17) is 9.15 Å². The summed E-state index contributed by atoms with van der Waals surface area (Å²) in [6.07, 6.45) is 5.35. The summed E-state index contributed by atoms with van der Waals surface area (Å²) in [7, 11) is 0. The summed E-state index contributed by atoms with van der Waals surface area (Å²) in [6, 6.07) is 10.7. The van der Waals surface area contributed by atoms with E-state index in [-0.39, 0.29) is 30.4 Å². The lowest BCUT2D eigenvalue weighted by molar-refractivity contribution is -0.113. The van der Waals surface area contributed by atoms with Crippen LogP contribution in [-0.2, 0) is 28.9 Å². The van der Waals surface area contributed by atoms with E-state index in [1.807, 2.05) is 6.07 Å². The molecule has 1 amide bonds. The molecule has 0 saturated carbocycles. The largest absolute Gasteiger partial charge is 0.467 e. The van der Waals surface area contributed by atoms with Gasteiger partial charge >= 0.3 is 5.97 Å². The van der Waals surface area contributed by atoms with Gasteiger partial charge in [0.05, 0.1) is 41.6 Å². The van der Waals surface area contributed by atoms with Gasteiger partial charge in [-0.3, -0.25) is 14.2 Å². The minimum Gasteiger partial charge on any atom is -0.467 e. The molecule has 1 aromatic carbocycles. The maximum atomic E-state index is 13.2. The number of carbonyl (C=O) groups excluding carboxylic acids is 2. The van der Waals surface area contributed by atoms with Crippen LogP contribution in [0.1, 0.15) is 46.3 Å². The van der Waals surface area contributed by atoms with Crippen molar-refractivity contribution < 1.29 is 18.7 Å². The van der Waals surface area contributed by atoms with E-state index in [0.29, 0.717) is 32.4 Å². The third kappa shape index (κ3) is 4.96. The molecule has 0 unspecified atom stereocenters. The number of furan rings is 1. The fourth-order valence-corrected chi connectivity index (χ4v) is 6.41. The van der Waals surface area contributed by atoms with Gasteiger partial charge in [-0.2, -0.15) is 0 Å². The third-order valence-corrected chi connectivity index (χ3v) is 8.14. The van der Waals surface area contributed by atoms with Gasteiger partial charge < -0.3 is 14.5 Å². The molecule has 0 fully saturated rings. The predicted octanol–water partition coefficient (Wildman–Crippen LogP) is 4.89. The molecule has 1 aliphatic carbocycles. The number of esters is 1. The van der Waals surface area contributed by atoms with Crippen LogP contribution in [0.2, 0.25) is 0 Å². The molecule has 0 saturated heterocycles. The molecular weight excluding hydrogens is 498 g/mol. The third-order valence-electron chi connectivity index (χ3n) is 5.96. The van der Waals surface area contributed by atoms with Crippen molar-refractivity contribution in [1.82, 2.24) is 9.55 Å². The Morgan fingerprint density at radius 2 is 2.03 bits per heavy atom. The molecule has 1 aliphatic rings. The number of nitrogens with zero attached hydrogens (tertiary/aromatic N) is 2. The van der Waals surface area contributed by atoms with Gasteiger partial charge in [0.2, 0.25) is 5.91 Å². The first-order valence-corrected chi connectivity index (χ1v) is 13.6. The molecule has 0 spiro atoms. The van der Waals surface area contributed by atoms with Crippen molar-refractivity contribution in [1.29, 1.82) is 0 Å². The highest BCUT2D eigenvalue weighted by atomic mass is 32.2. The number of para-hydroxylation sites is 1. The van der Waals surface area contributed by atoms with Gasteiger partial charge in [0.15, 0.2) is 5.16 Å². The van der Waals surface area contributed by atoms with Crippen molar-refractivity contribution in [3.05, 3.63) is 74.8 Å². The number of thioether (sulfide) groups is 1. The van der Waals surface area contributed by atoms with Gasteiger partial charge in [0, 0.05) is 4.88 Å². The molecule has 0 radical (unpaired) electrons. The van der Waals surface area contributed by atoms with Crippen LogP contribution in [0.5, 0.6) is 0 Å². The lowest BCUT2D eigenvalue weighted by Crippen LogP contribution is -2.24. The summed E-state index contributed by atoms with van der Waals surface area (Å²) in [5.74, 6) is -0.0449. The van der Waals surface area contributed by atoms with E-state index in [1.54, 1.807) is 43.5 Å². The first kappa shape index (κ1) is 24.3. The molecule has 10 heteroatoms. The van der Waals surface area contributed by atoms with Gasteiger partial charge in [0.1, 0.15) is 10.8 Å². The summed E-state index contributed by atoms with van der Waals surface area (Å²) >= 11 is 2.62. The summed E-state index contributed by atoms with van der Waals surface area (Å²) in [5.41, 5.74) is 1.84. The molecular formula is C26H25N3O5S2. The molecule has 0 aliphatic heterocycles. The number of ether oxygens (including phenoxy) is 1. The highest BCUT2D eigenvalue weighted by molar-refractivity contribution is 7.99. The van der Waals surface area contributed by atoms with Crippen molar-refractivity contribution in [2.24, 2.45) is 0 Å². The zero-order valence-corrected chi connectivity index (χ0v) is 21.4. The molecule has 0 atom stereocenters. The van der Waals surface area contributed by atoms with Crippen LogP contribution in [0.3, 0.4) is 0 Å². The zero-order chi connectivity index (χ0) is 25.1. The molecule has 4 aromatic rings. The van der Waals surface area contributed by atoms with Crippen LogP contribution in [-0.4, -0.2) is 33.8 Å². The van der Waals surface area contributed by atoms with Gasteiger partial charge in [-0.1, -0.05) is 23.9 Å². The number of hydrogen-bond acceptors (Lipinski definition) is 8. The Morgan fingerprint density at radius 1 is 1.19 bits per heavy atom. The number of thiophene rings is 1. The molecule has 1 N–H and O–H groups in total. The first-order chi connectivity index (χ1) is 17.5. The molecule has 5 rings (SSSR count). The van der Waals surface area contributed by atoms with E-state index in [9.17, 15) is 14.4 Å². The molecule has 8 nitrogen and oxygen atoms in total. The highest BCUT2D eigenvalue weighted by Crippen LogP contribution is 2.38. The number of fused-ring (bicyclic) bond motifs is 2. The Hall–Kier alpha value is -3.37. The fourth-order valence-electron chi connectivity index (χ4n) is 4.32. The quantitative estimate of drug-likeness (QED) is 0.199. The van der Waals surface area contributed by atoms with Crippen LogP contribution >= 0.6 is 23.1 Å². The van der Waals surface area contributed by atoms with Crippen molar-refractivity contribution in [3.63, 3.8) is 0 Å². The van der Waals surface area contributed by atoms with Crippen LogP contribution in [0.15, 0.2) is 57.0 Å². The van der Waals surface area contributed by atoms with Crippen LogP contribution in [0, 0.1) is 0 Å². The second-order valence-electron chi connectivity index (χ2n) is 8.35.